The molecule has 3 rings (SSSR count). The lowest BCUT2D eigenvalue weighted by Gasteiger charge is -2.03. The van der Waals surface area contributed by atoms with E-state index in [1.165, 1.54) is 6.33 Å². The fraction of sp³-hybridized carbons (Fsp3) is 0.0833. The summed E-state index contributed by atoms with van der Waals surface area (Å²) in [7, 11) is 1.63. The molecule has 0 aromatic carbocycles. The molecule has 0 fully saturated rings. The molecule has 3 heterocycles. The Morgan fingerprint density at radius 2 is 2.11 bits per heavy atom. The molecule has 6 nitrogen and oxygen atoms in total. The molecule has 0 spiro atoms. The van der Waals surface area contributed by atoms with Crippen LogP contribution in [0.1, 0.15) is 0 Å². The molecule has 0 aliphatic rings. The fourth-order valence-corrected chi connectivity index (χ4v) is 1.79. The number of hydrogen-bond acceptors (Lipinski definition) is 5. The number of methoxy groups -OCH3 is 1. The average Bonchev–Trinajstić information content (AvgIpc) is 2.81. The van der Waals surface area contributed by atoms with Gasteiger partial charge in [0.25, 0.3) is 0 Å². The maximum Gasteiger partial charge on any atom is 0.140 e. The molecule has 0 atom stereocenters. The van der Waals surface area contributed by atoms with E-state index in [0.717, 1.165) is 22.8 Å². The Labute approximate surface area is 103 Å². The molecular formula is C12H11N5O. The van der Waals surface area contributed by atoms with E-state index >= 15 is 0 Å². The first-order valence-electron chi connectivity index (χ1n) is 5.37. The summed E-state index contributed by atoms with van der Waals surface area (Å²) in [6, 6.07) is 5.43. The van der Waals surface area contributed by atoms with Gasteiger partial charge in [0, 0.05) is 18.3 Å². The number of nitrogens with zero attached hydrogens (tertiary/aromatic N) is 4. The molecule has 0 unspecified atom stereocenters. The highest BCUT2D eigenvalue weighted by atomic mass is 16.5. The first-order chi connectivity index (χ1) is 8.78. The van der Waals surface area contributed by atoms with Gasteiger partial charge < -0.3 is 10.5 Å². The quantitative estimate of drug-likeness (QED) is 0.733. The Kier molecular flexibility index (Phi) is 2.33. The third-order valence-electron chi connectivity index (χ3n) is 2.67. The van der Waals surface area contributed by atoms with Crippen LogP contribution in [-0.2, 0) is 0 Å². The Balaban J connectivity index is 2.18. The highest BCUT2D eigenvalue weighted by Gasteiger charge is 2.08. The van der Waals surface area contributed by atoms with Gasteiger partial charge in [0.1, 0.15) is 23.5 Å². The van der Waals surface area contributed by atoms with Crippen LogP contribution in [0.15, 0.2) is 36.9 Å². The summed E-state index contributed by atoms with van der Waals surface area (Å²) in [5.74, 6) is 1.20. The minimum atomic E-state index is 0.434. The Morgan fingerprint density at radius 1 is 1.22 bits per heavy atom. The summed E-state index contributed by atoms with van der Waals surface area (Å²) in [5.41, 5.74) is 8.05. The Morgan fingerprint density at radius 3 is 2.89 bits per heavy atom. The van der Waals surface area contributed by atoms with Crippen molar-refractivity contribution in [2.45, 2.75) is 0 Å². The van der Waals surface area contributed by atoms with E-state index in [1.807, 2.05) is 22.7 Å². The van der Waals surface area contributed by atoms with E-state index in [9.17, 15) is 0 Å². The van der Waals surface area contributed by atoms with Gasteiger partial charge in [-0.2, -0.15) is 0 Å². The number of pyridine rings is 1. The molecule has 0 saturated heterocycles. The van der Waals surface area contributed by atoms with Gasteiger partial charge in [-0.15, -0.1) is 0 Å². The molecule has 6 heteroatoms. The molecule has 0 saturated carbocycles. The number of aromatic nitrogens is 4. The monoisotopic (exact) mass is 241 g/mol. The van der Waals surface area contributed by atoms with E-state index in [4.69, 9.17) is 10.5 Å². The molecule has 0 aliphatic carbocycles. The van der Waals surface area contributed by atoms with Gasteiger partial charge in [0.05, 0.1) is 24.7 Å². The lowest BCUT2D eigenvalue weighted by atomic mass is 10.3. The number of anilines is 1. The molecule has 18 heavy (non-hydrogen) atoms. The van der Waals surface area contributed by atoms with Gasteiger partial charge in [0.2, 0.25) is 0 Å². The van der Waals surface area contributed by atoms with Crippen LogP contribution in [0.4, 0.5) is 5.82 Å². The van der Waals surface area contributed by atoms with Gasteiger partial charge in [-0.1, -0.05) is 0 Å². The minimum Gasteiger partial charge on any atom is -0.497 e. The molecule has 2 N–H and O–H groups in total. The van der Waals surface area contributed by atoms with Crippen molar-refractivity contribution in [3.63, 3.8) is 0 Å². The third kappa shape index (κ3) is 1.64. The number of nitrogens with two attached hydrogens (primary N) is 1. The van der Waals surface area contributed by atoms with Crippen LogP contribution in [-0.4, -0.2) is 26.5 Å². The number of ether oxygens (including phenoxy) is 1. The van der Waals surface area contributed by atoms with Crippen molar-refractivity contribution in [1.82, 2.24) is 19.4 Å². The highest BCUT2D eigenvalue weighted by Crippen LogP contribution is 2.21. The maximum absolute atomic E-state index is 5.65. The smallest absolute Gasteiger partial charge is 0.140 e. The first-order valence-corrected chi connectivity index (χ1v) is 5.37. The predicted octanol–water partition coefficient (Wildman–Crippen LogP) is 1.38. The normalized spacial score (nSPS) is 10.7. The minimum absolute atomic E-state index is 0.434. The second-order valence-electron chi connectivity index (χ2n) is 3.77. The first kappa shape index (κ1) is 10.5. The summed E-state index contributed by atoms with van der Waals surface area (Å²) in [6.45, 7) is 0. The molecule has 90 valence electrons. The highest BCUT2D eigenvalue weighted by molar-refractivity contribution is 5.62. The second kappa shape index (κ2) is 3.99. The molecule has 0 amide bonds. The van der Waals surface area contributed by atoms with Gasteiger partial charge in [-0.05, 0) is 6.07 Å². The maximum atomic E-state index is 5.65. The van der Waals surface area contributed by atoms with Gasteiger partial charge in [0.15, 0.2) is 0 Å². The summed E-state index contributed by atoms with van der Waals surface area (Å²) >= 11 is 0. The van der Waals surface area contributed by atoms with E-state index in [1.54, 1.807) is 19.4 Å². The number of hydrogen-bond donors (Lipinski definition) is 1. The lowest BCUT2D eigenvalue weighted by Crippen LogP contribution is -1.95. The molecular weight excluding hydrogens is 230 g/mol. The van der Waals surface area contributed by atoms with Crippen molar-refractivity contribution in [2.75, 3.05) is 12.8 Å². The second-order valence-corrected chi connectivity index (χ2v) is 3.77. The fourth-order valence-electron chi connectivity index (χ4n) is 1.79. The average molecular weight is 241 g/mol. The van der Waals surface area contributed by atoms with E-state index in [2.05, 4.69) is 15.0 Å². The summed E-state index contributed by atoms with van der Waals surface area (Å²) in [4.78, 5) is 12.4. The predicted molar refractivity (Wildman–Crippen MR) is 67.2 cm³/mol. The molecule has 0 aliphatic heterocycles. The zero-order valence-electron chi connectivity index (χ0n) is 9.74. The van der Waals surface area contributed by atoms with E-state index in [-0.39, 0.29) is 0 Å². The number of imidazole rings is 1. The van der Waals surface area contributed by atoms with E-state index in [0.29, 0.717) is 5.82 Å². The van der Waals surface area contributed by atoms with Crippen molar-refractivity contribution in [1.29, 1.82) is 0 Å². The van der Waals surface area contributed by atoms with Crippen LogP contribution in [0.5, 0.6) is 5.75 Å². The van der Waals surface area contributed by atoms with Crippen LogP contribution in [0, 0.1) is 0 Å². The van der Waals surface area contributed by atoms with Crippen molar-refractivity contribution < 1.29 is 4.74 Å². The Hall–Kier alpha value is -2.63. The van der Waals surface area contributed by atoms with Crippen LogP contribution in [0.2, 0.25) is 0 Å². The van der Waals surface area contributed by atoms with Gasteiger partial charge in [-0.25, -0.2) is 15.0 Å². The summed E-state index contributed by atoms with van der Waals surface area (Å²) in [6.07, 6.45) is 5.07. The third-order valence-corrected chi connectivity index (χ3v) is 2.67. The van der Waals surface area contributed by atoms with Crippen LogP contribution >= 0.6 is 0 Å². The number of rotatable bonds is 2. The van der Waals surface area contributed by atoms with E-state index < -0.39 is 0 Å². The standard InChI is InChI=1S/C12H11N5O/c1-18-8-2-3-17-10(6-14-12(17)4-8)9-5-11(13)16-7-15-9/h2-7H,1H3,(H2,13,15,16). The van der Waals surface area contributed by atoms with Crippen molar-refractivity contribution >= 4 is 11.5 Å². The van der Waals surface area contributed by atoms with Crippen molar-refractivity contribution in [3.05, 3.63) is 36.9 Å². The van der Waals surface area contributed by atoms with Crippen LogP contribution in [0.25, 0.3) is 17.0 Å². The summed E-state index contributed by atoms with van der Waals surface area (Å²) in [5, 5.41) is 0. The Bertz CT molecular complexity index is 707. The molecule has 0 bridgehead atoms. The topological polar surface area (TPSA) is 78.3 Å². The largest absolute Gasteiger partial charge is 0.497 e. The SMILES string of the molecule is COc1ccn2c(-c3cc(N)ncn3)cnc2c1. The van der Waals surface area contributed by atoms with Crippen molar-refractivity contribution in [2.24, 2.45) is 0 Å². The zero-order valence-corrected chi connectivity index (χ0v) is 9.74. The zero-order chi connectivity index (χ0) is 12.5. The summed E-state index contributed by atoms with van der Waals surface area (Å²) < 4.78 is 7.08. The lowest BCUT2D eigenvalue weighted by molar-refractivity contribution is 0.414. The number of fused-ring (bicyclic) bond motifs is 1. The van der Waals surface area contributed by atoms with Crippen LogP contribution < -0.4 is 10.5 Å². The van der Waals surface area contributed by atoms with Crippen LogP contribution in [0.3, 0.4) is 0 Å². The van der Waals surface area contributed by atoms with Gasteiger partial charge >= 0.3 is 0 Å². The van der Waals surface area contributed by atoms with Gasteiger partial charge in [-0.3, -0.25) is 4.40 Å². The number of nitrogen functional groups attached to an aromatic ring is 1. The molecule has 0 radical (unpaired) electrons. The van der Waals surface area contributed by atoms with Crippen molar-refractivity contribution in [3.8, 4) is 17.1 Å². The molecule has 3 aromatic rings. The molecule has 3 aromatic heterocycles.